The van der Waals surface area contributed by atoms with Crippen LogP contribution in [0.25, 0.3) is 0 Å². The Balaban J connectivity index is 1.95. The third-order valence-corrected chi connectivity index (χ3v) is 4.62. The van der Waals surface area contributed by atoms with Gasteiger partial charge in [0.2, 0.25) is 0 Å². The number of aryl methyl sites for hydroxylation is 1. The van der Waals surface area contributed by atoms with Gasteiger partial charge in [-0.05, 0) is 57.6 Å². The van der Waals surface area contributed by atoms with Crippen molar-refractivity contribution in [2.45, 2.75) is 71.9 Å². The van der Waals surface area contributed by atoms with Crippen molar-refractivity contribution in [1.29, 1.82) is 0 Å². The average molecular weight is 289 g/mol. The van der Waals surface area contributed by atoms with E-state index in [2.05, 4.69) is 44.3 Å². The Bertz CT molecular complexity index is 422. The van der Waals surface area contributed by atoms with Crippen LogP contribution in [0.1, 0.15) is 63.5 Å². The van der Waals surface area contributed by atoms with E-state index in [-0.39, 0.29) is 0 Å². The van der Waals surface area contributed by atoms with Gasteiger partial charge in [-0.2, -0.15) is 0 Å². The van der Waals surface area contributed by atoms with Crippen molar-refractivity contribution >= 4 is 0 Å². The smallest absolute Gasteiger partial charge is 0.124 e. The molecule has 0 saturated heterocycles. The summed E-state index contributed by atoms with van der Waals surface area (Å²) in [5.74, 6) is 2.01. The molecule has 0 aliphatic heterocycles. The number of hydrogen-bond acceptors (Lipinski definition) is 2. The van der Waals surface area contributed by atoms with Crippen LogP contribution in [0.2, 0.25) is 0 Å². The van der Waals surface area contributed by atoms with Crippen molar-refractivity contribution in [2.75, 3.05) is 6.54 Å². The Morgan fingerprint density at radius 3 is 2.57 bits per heavy atom. The molecule has 0 amide bonds. The van der Waals surface area contributed by atoms with Gasteiger partial charge in [0, 0.05) is 12.1 Å². The maximum atomic E-state index is 6.32. The van der Waals surface area contributed by atoms with Gasteiger partial charge in [-0.15, -0.1) is 0 Å². The number of hydrogen-bond donors (Lipinski definition) is 1. The molecule has 1 aliphatic rings. The van der Waals surface area contributed by atoms with E-state index in [0.717, 1.165) is 24.8 Å². The van der Waals surface area contributed by atoms with E-state index < -0.39 is 0 Å². The molecular weight excluding hydrogens is 258 g/mol. The van der Waals surface area contributed by atoms with Crippen LogP contribution in [0.3, 0.4) is 0 Å². The van der Waals surface area contributed by atoms with E-state index >= 15 is 0 Å². The van der Waals surface area contributed by atoms with E-state index in [9.17, 15) is 0 Å². The molecule has 21 heavy (non-hydrogen) atoms. The Morgan fingerprint density at radius 2 is 1.90 bits per heavy atom. The van der Waals surface area contributed by atoms with Crippen LogP contribution >= 0.6 is 0 Å². The largest absolute Gasteiger partial charge is 0.490 e. The van der Waals surface area contributed by atoms with Crippen molar-refractivity contribution < 1.29 is 4.74 Å². The van der Waals surface area contributed by atoms with Gasteiger partial charge in [-0.1, -0.05) is 38.0 Å². The van der Waals surface area contributed by atoms with Crippen molar-refractivity contribution in [3.8, 4) is 5.75 Å². The van der Waals surface area contributed by atoms with Crippen molar-refractivity contribution in [1.82, 2.24) is 5.32 Å². The average Bonchev–Trinajstić information content (AvgIpc) is 2.51. The van der Waals surface area contributed by atoms with Crippen LogP contribution < -0.4 is 10.1 Å². The van der Waals surface area contributed by atoms with Gasteiger partial charge in [0.15, 0.2) is 0 Å². The van der Waals surface area contributed by atoms with Gasteiger partial charge >= 0.3 is 0 Å². The van der Waals surface area contributed by atoms with Crippen molar-refractivity contribution in [3.05, 3.63) is 29.3 Å². The first-order valence-corrected chi connectivity index (χ1v) is 8.69. The molecule has 118 valence electrons. The molecule has 0 aromatic heterocycles. The zero-order chi connectivity index (χ0) is 15.1. The molecule has 0 atom stereocenters. The standard InChI is InChI=1S/C19H31NO/c1-4-12-20-14-17-13-15(3)6-11-19(17)21-18-9-7-16(5-2)8-10-18/h6,11,13,16,18,20H,4-5,7-10,12,14H2,1-3H3. The molecule has 1 fully saturated rings. The summed E-state index contributed by atoms with van der Waals surface area (Å²) in [7, 11) is 0. The van der Waals surface area contributed by atoms with E-state index in [4.69, 9.17) is 4.74 Å². The van der Waals surface area contributed by atoms with Crippen LogP contribution in [-0.2, 0) is 6.54 Å². The van der Waals surface area contributed by atoms with Gasteiger partial charge in [-0.25, -0.2) is 0 Å². The highest BCUT2D eigenvalue weighted by Gasteiger charge is 2.21. The summed E-state index contributed by atoms with van der Waals surface area (Å²) in [4.78, 5) is 0. The quantitative estimate of drug-likeness (QED) is 0.725. The lowest BCUT2D eigenvalue weighted by Crippen LogP contribution is -2.25. The fourth-order valence-corrected chi connectivity index (χ4v) is 3.20. The Morgan fingerprint density at radius 1 is 1.14 bits per heavy atom. The van der Waals surface area contributed by atoms with E-state index in [1.54, 1.807) is 0 Å². The number of rotatable bonds is 7. The molecular formula is C19H31NO. The topological polar surface area (TPSA) is 21.3 Å². The lowest BCUT2D eigenvalue weighted by atomic mass is 9.86. The Labute approximate surface area is 130 Å². The summed E-state index contributed by atoms with van der Waals surface area (Å²) < 4.78 is 6.32. The first kappa shape index (κ1) is 16.4. The molecule has 1 aromatic rings. The molecule has 0 radical (unpaired) electrons. The maximum Gasteiger partial charge on any atom is 0.124 e. The van der Waals surface area contributed by atoms with Gasteiger partial charge in [0.25, 0.3) is 0 Å². The molecule has 2 nitrogen and oxygen atoms in total. The lowest BCUT2D eigenvalue weighted by Gasteiger charge is -2.29. The van der Waals surface area contributed by atoms with E-state index in [1.165, 1.54) is 49.7 Å². The monoisotopic (exact) mass is 289 g/mol. The van der Waals surface area contributed by atoms with Crippen molar-refractivity contribution in [2.24, 2.45) is 5.92 Å². The van der Waals surface area contributed by atoms with Crippen LogP contribution in [0.15, 0.2) is 18.2 Å². The Hall–Kier alpha value is -1.02. The highest BCUT2D eigenvalue weighted by molar-refractivity contribution is 5.37. The molecule has 0 bridgehead atoms. The third-order valence-electron chi connectivity index (χ3n) is 4.62. The second-order valence-electron chi connectivity index (χ2n) is 6.46. The molecule has 0 unspecified atom stereocenters. The molecule has 1 saturated carbocycles. The predicted octanol–water partition coefficient (Wildman–Crippen LogP) is 4.84. The summed E-state index contributed by atoms with van der Waals surface area (Å²) >= 11 is 0. The van der Waals surface area contributed by atoms with Crippen LogP contribution in [-0.4, -0.2) is 12.6 Å². The molecule has 0 heterocycles. The molecule has 1 aromatic carbocycles. The normalized spacial score (nSPS) is 22.2. The molecule has 1 aliphatic carbocycles. The zero-order valence-electron chi connectivity index (χ0n) is 14.0. The molecule has 0 spiro atoms. The van der Waals surface area contributed by atoms with Crippen LogP contribution in [0, 0.1) is 12.8 Å². The lowest BCUT2D eigenvalue weighted by molar-refractivity contribution is 0.128. The highest BCUT2D eigenvalue weighted by Crippen LogP contribution is 2.30. The maximum absolute atomic E-state index is 6.32. The predicted molar refractivity (Wildman–Crippen MR) is 89.8 cm³/mol. The molecule has 2 heteroatoms. The SMILES string of the molecule is CCCNCc1cc(C)ccc1OC1CCC(CC)CC1. The van der Waals surface area contributed by atoms with Crippen LogP contribution in [0.5, 0.6) is 5.75 Å². The Kier molecular flexibility index (Phi) is 6.56. The first-order chi connectivity index (χ1) is 10.2. The van der Waals surface area contributed by atoms with E-state index in [0.29, 0.717) is 6.10 Å². The van der Waals surface area contributed by atoms with Gasteiger partial charge < -0.3 is 10.1 Å². The molecule has 1 N–H and O–H groups in total. The summed E-state index contributed by atoms with van der Waals surface area (Å²) in [5, 5.41) is 3.49. The summed E-state index contributed by atoms with van der Waals surface area (Å²) in [6.45, 7) is 8.64. The minimum Gasteiger partial charge on any atom is -0.490 e. The number of nitrogens with one attached hydrogen (secondary N) is 1. The van der Waals surface area contributed by atoms with E-state index in [1.807, 2.05) is 0 Å². The van der Waals surface area contributed by atoms with Crippen molar-refractivity contribution in [3.63, 3.8) is 0 Å². The van der Waals surface area contributed by atoms with Gasteiger partial charge in [0.1, 0.15) is 5.75 Å². The second kappa shape index (κ2) is 8.43. The summed E-state index contributed by atoms with van der Waals surface area (Å²) in [6, 6.07) is 6.58. The fourth-order valence-electron chi connectivity index (χ4n) is 3.20. The fraction of sp³-hybridized carbons (Fsp3) is 0.684. The second-order valence-corrected chi connectivity index (χ2v) is 6.46. The highest BCUT2D eigenvalue weighted by atomic mass is 16.5. The number of ether oxygens (including phenoxy) is 1. The summed E-state index contributed by atoms with van der Waals surface area (Å²) in [5.41, 5.74) is 2.62. The van der Waals surface area contributed by atoms with Gasteiger partial charge in [-0.3, -0.25) is 0 Å². The molecule has 2 rings (SSSR count). The third kappa shape index (κ3) is 5.03. The minimum atomic E-state index is 0.417. The number of benzene rings is 1. The van der Waals surface area contributed by atoms with Gasteiger partial charge in [0.05, 0.1) is 6.10 Å². The van der Waals surface area contributed by atoms with Crippen LogP contribution in [0.4, 0.5) is 0 Å². The summed E-state index contributed by atoms with van der Waals surface area (Å²) in [6.07, 6.45) is 8.00. The zero-order valence-corrected chi connectivity index (χ0v) is 14.0. The first-order valence-electron chi connectivity index (χ1n) is 8.69. The minimum absolute atomic E-state index is 0.417.